The van der Waals surface area contributed by atoms with Crippen molar-refractivity contribution in [2.75, 3.05) is 0 Å². The minimum atomic E-state index is 0. The normalized spacial score (nSPS) is 23.3. The first-order valence-electron chi connectivity index (χ1n) is 25.5. The second kappa shape index (κ2) is 55.2. The van der Waals surface area contributed by atoms with Gasteiger partial charge in [0.1, 0.15) is 0 Å². The van der Waals surface area contributed by atoms with Crippen molar-refractivity contribution in [2.45, 2.75) is 315 Å². The Bertz CT molecular complexity index is 515. The predicted molar refractivity (Wildman–Crippen MR) is 233 cm³/mol. The van der Waals surface area contributed by atoms with Crippen LogP contribution in [-0.4, -0.2) is 0 Å². The molecule has 0 amide bonds. The maximum Gasteiger partial charge on any atom is 0 e. The summed E-state index contributed by atoms with van der Waals surface area (Å²) in [5, 5.41) is 0. The van der Waals surface area contributed by atoms with Crippen molar-refractivity contribution in [2.24, 2.45) is 11.8 Å². The van der Waals surface area contributed by atoms with E-state index in [0.717, 1.165) is 11.8 Å². The van der Waals surface area contributed by atoms with Crippen LogP contribution in [0, 0.1) is 163 Å². The largest absolute Gasteiger partial charge is 0.0533 e. The van der Waals surface area contributed by atoms with E-state index in [1.807, 2.05) is 0 Å². The SMILES string of the molecule is C1CCCCCCC(C2CCCCCCCCCCC2)CCCCCC1.C1CCCCCCCCCCCCCCCCCCCCCCCC1.[Ar].[Ar].[Ar].[Ar]. The van der Waals surface area contributed by atoms with Crippen molar-refractivity contribution in [3.8, 4) is 0 Å². The van der Waals surface area contributed by atoms with Gasteiger partial charge >= 0.3 is 0 Å². The standard InChI is InChI=1S/C26H50.C25H50.4Ar/c1-2-5-9-13-17-21-25(22-18-14-10-6-3-1)26-23-19-15-11-7-4-8-12-16-20-24-26;1-2-4-6-8-10-12-14-16-18-20-22-24-25-23-21-19-17-15-13-11-9-7-5-3-1;;;;/h25-26H,1-24H2;1-25H2;;;;. The van der Waals surface area contributed by atoms with E-state index in [1.165, 1.54) is 289 Å². The Balaban J connectivity index is -0.000000917. The molecule has 0 aliphatic heterocycles. The molecule has 0 N–H and O–H groups in total. The molecule has 0 bridgehead atoms. The van der Waals surface area contributed by atoms with Gasteiger partial charge in [0.05, 0.1) is 0 Å². The minimum absolute atomic E-state index is 0. The first-order valence-corrected chi connectivity index (χ1v) is 25.5. The van der Waals surface area contributed by atoms with Gasteiger partial charge in [-0.2, -0.15) is 0 Å². The molecule has 3 aliphatic rings. The molecule has 0 heterocycles. The van der Waals surface area contributed by atoms with Crippen LogP contribution in [0.25, 0.3) is 0 Å². The summed E-state index contributed by atoms with van der Waals surface area (Å²) in [6.07, 6.45) is 74.0. The fourth-order valence-electron chi connectivity index (χ4n) is 10.1. The fraction of sp³-hybridized carbons (Fsp3) is 1.00. The van der Waals surface area contributed by atoms with E-state index in [1.54, 1.807) is 25.7 Å². The third kappa shape index (κ3) is 46.8. The topological polar surface area (TPSA) is 0 Å². The molecule has 0 spiro atoms. The number of hydrogen-bond donors (Lipinski definition) is 0. The van der Waals surface area contributed by atoms with E-state index in [4.69, 9.17) is 0 Å². The van der Waals surface area contributed by atoms with Crippen LogP contribution >= 0.6 is 0 Å². The summed E-state index contributed by atoms with van der Waals surface area (Å²) in [5.41, 5.74) is 0. The number of rotatable bonds is 1. The molecule has 0 saturated heterocycles. The molecule has 3 fully saturated rings. The van der Waals surface area contributed by atoms with Gasteiger partial charge in [-0.25, -0.2) is 0 Å². The molecule has 0 nitrogen and oxygen atoms in total. The third-order valence-electron chi connectivity index (χ3n) is 13.7. The van der Waals surface area contributed by atoms with E-state index >= 15 is 0 Å². The van der Waals surface area contributed by atoms with Gasteiger partial charge in [0.15, 0.2) is 0 Å². The van der Waals surface area contributed by atoms with Crippen molar-refractivity contribution in [3.63, 3.8) is 0 Å². The smallest absolute Gasteiger partial charge is 0 e. The molecule has 4 heteroatoms. The molecule has 336 valence electrons. The molecule has 0 aromatic heterocycles. The molecule has 3 saturated carbocycles. The van der Waals surface area contributed by atoms with Crippen molar-refractivity contribution in [3.05, 3.63) is 0 Å². The van der Waals surface area contributed by atoms with Crippen molar-refractivity contribution in [1.29, 1.82) is 0 Å². The molecule has 0 radical (unpaired) electrons. The quantitative estimate of drug-likeness (QED) is 0.246. The number of hydrogen-bond acceptors (Lipinski definition) is 0. The Hall–Kier alpha value is 5.04. The molecule has 0 aromatic carbocycles. The molecule has 0 atom stereocenters. The predicted octanol–water partition coefficient (Wildman–Crippen LogP) is 19.4. The van der Waals surface area contributed by atoms with Crippen LogP contribution in [0.4, 0.5) is 0 Å². The Kier molecular flexibility index (Phi) is 64.5. The van der Waals surface area contributed by atoms with Crippen LogP contribution < -0.4 is 0 Å². The zero-order valence-corrected chi connectivity index (χ0v) is 40.0. The zero-order valence-electron chi connectivity index (χ0n) is 37.2. The van der Waals surface area contributed by atoms with E-state index in [2.05, 4.69) is 0 Å². The van der Waals surface area contributed by atoms with Crippen LogP contribution in [0.15, 0.2) is 0 Å². The minimum Gasteiger partial charge on any atom is -0.0533 e. The third-order valence-corrected chi connectivity index (χ3v) is 13.7. The van der Waals surface area contributed by atoms with Crippen LogP contribution in [0.1, 0.15) is 315 Å². The van der Waals surface area contributed by atoms with Crippen molar-refractivity contribution in [1.82, 2.24) is 0 Å². The van der Waals surface area contributed by atoms with Crippen molar-refractivity contribution >= 4 is 0 Å². The second-order valence-electron chi connectivity index (χ2n) is 18.6. The Morgan fingerprint density at radius 3 is 0.273 bits per heavy atom. The van der Waals surface area contributed by atoms with Gasteiger partial charge in [0.2, 0.25) is 0 Å². The second-order valence-corrected chi connectivity index (χ2v) is 18.6. The Morgan fingerprint density at radius 2 is 0.182 bits per heavy atom. The molecule has 0 unspecified atom stereocenters. The maximum atomic E-state index is 1.56. The summed E-state index contributed by atoms with van der Waals surface area (Å²) in [7, 11) is 0. The fourth-order valence-corrected chi connectivity index (χ4v) is 10.1. The van der Waals surface area contributed by atoms with Crippen LogP contribution in [0.5, 0.6) is 0 Å². The molecular weight excluding hydrogens is 772 g/mol. The molecular formula is C51H100Ar4. The molecule has 0 aromatic rings. The summed E-state index contributed by atoms with van der Waals surface area (Å²) in [4.78, 5) is 0. The summed E-state index contributed by atoms with van der Waals surface area (Å²) in [5.74, 6) is 2.14. The first-order chi connectivity index (χ1) is 25.5. The van der Waals surface area contributed by atoms with E-state index in [9.17, 15) is 0 Å². The van der Waals surface area contributed by atoms with Gasteiger partial charge in [-0.3, -0.25) is 0 Å². The summed E-state index contributed by atoms with van der Waals surface area (Å²) >= 11 is 0. The van der Waals surface area contributed by atoms with Gasteiger partial charge in [0, 0.05) is 151 Å². The summed E-state index contributed by atoms with van der Waals surface area (Å²) in [6, 6.07) is 0. The Morgan fingerprint density at radius 1 is 0.109 bits per heavy atom. The van der Waals surface area contributed by atoms with Gasteiger partial charge in [0.25, 0.3) is 0 Å². The molecule has 55 heavy (non-hydrogen) atoms. The average Bonchev–Trinajstić information content (AvgIpc) is 3.14. The Labute approximate surface area is 469 Å². The average molecular weight is 873 g/mol. The van der Waals surface area contributed by atoms with Crippen LogP contribution in [0.3, 0.4) is 0 Å². The molecule has 3 aliphatic carbocycles. The van der Waals surface area contributed by atoms with Gasteiger partial charge in [-0.1, -0.05) is 315 Å². The van der Waals surface area contributed by atoms with E-state index in [0.29, 0.717) is 0 Å². The monoisotopic (exact) mass is 873 g/mol. The zero-order chi connectivity index (χ0) is 35.8. The van der Waals surface area contributed by atoms with E-state index in [-0.39, 0.29) is 151 Å². The molecule has 3 rings (SSSR count). The summed E-state index contributed by atoms with van der Waals surface area (Å²) < 4.78 is 0. The first kappa shape index (κ1) is 64.3. The van der Waals surface area contributed by atoms with Crippen molar-refractivity contribution < 1.29 is 151 Å². The van der Waals surface area contributed by atoms with Gasteiger partial charge < -0.3 is 0 Å². The maximum absolute atomic E-state index is 1.56. The summed E-state index contributed by atoms with van der Waals surface area (Å²) in [6.45, 7) is 0. The van der Waals surface area contributed by atoms with Crippen LogP contribution in [-0.2, 0) is 0 Å². The van der Waals surface area contributed by atoms with E-state index < -0.39 is 0 Å². The van der Waals surface area contributed by atoms with Crippen LogP contribution in [0.2, 0.25) is 0 Å². The van der Waals surface area contributed by atoms with Gasteiger partial charge in [-0.15, -0.1) is 0 Å². The van der Waals surface area contributed by atoms with Gasteiger partial charge in [-0.05, 0) is 11.8 Å².